The van der Waals surface area contributed by atoms with E-state index < -0.39 is 0 Å². The second-order valence-electron chi connectivity index (χ2n) is 4.59. The Labute approximate surface area is 123 Å². The minimum Gasteiger partial charge on any atom is -0.287 e. The predicted octanol–water partition coefficient (Wildman–Crippen LogP) is 3.76. The highest BCUT2D eigenvalue weighted by Crippen LogP contribution is 2.16. The van der Waals surface area contributed by atoms with Crippen LogP contribution < -0.4 is 0 Å². The molecule has 0 spiro atoms. The van der Waals surface area contributed by atoms with Gasteiger partial charge in [-0.15, -0.1) is 0 Å². The molecule has 0 aliphatic rings. The molecular formula is C18H14N2O. The Morgan fingerprint density at radius 1 is 0.905 bits per heavy atom. The van der Waals surface area contributed by atoms with Gasteiger partial charge in [0.1, 0.15) is 5.70 Å². The fourth-order valence-corrected chi connectivity index (χ4v) is 2.09. The zero-order valence-electron chi connectivity index (χ0n) is 11.4. The monoisotopic (exact) mass is 274 g/mol. The van der Waals surface area contributed by atoms with Gasteiger partial charge in [0.05, 0.1) is 0 Å². The number of aromatic nitrogens is 2. The normalized spacial score (nSPS) is 11.3. The lowest BCUT2D eigenvalue weighted by Crippen LogP contribution is -2.09. The molecule has 0 N–H and O–H groups in total. The van der Waals surface area contributed by atoms with E-state index in [1.54, 1.807) is 23.1 Å². The summed E-state index contributed by atoms with van der Waals surface area (Å²) in [5.74, 6) is -0.0526. The standard InChI is InChI=1S/C18H14N2O/c21-18(16-10-5-2-6-11-16)17(20-13-7-12-19-20)14-15-8-3-1-4-9-15/h1-14H/b17-14-. The highest BCUT2D eigenvalue weighted by molar-refractivity contribution is 6.27. The van der Waals surface area contributed by atoms with Crippen molar-refractivity contribution in [1.82, 2.24) is 9.78 Å². The number of allylic oxidation sites excluding steroid dienone is 1. The Balaban J connectivity index is 2.06. The first kappa shape index (κ1) is 13.1. The van der Waals surface area contributed by atoms with Crippen molar-refractivity contribution in [3.63, 3.8) is 0 Å². The van der Waals surface area contributed by atoms with Crippen LogP contribution in [-0.2, 0) is 0 Å². The number of Topliss-reactive ketones (excluding diaryl/α,β-unsaturated/α-hetero) is 1. The van der Waals surface area contributed by atoms with Crippen molar-refractivity contribution in [1.29, 1.82) is 0 Å². The average Bonchev–Trinajstić information content (AvgIpc) is 3.08. The topological polar surface area (TPSA) is 34.9 Å². The van der Waals surface area contributed by atoms with E-state index in [-0.39, 0.29) is 5.78 Å². The van der Waals surface area contributed by atoms with Crippen LogP contribution in [0.1, 0.15) is 15.9 Å². The lowest BCUT2D eigenvalue weighted by molar-refractivity contribution is 0.105. The highest BCUT2D eigenvalue weighted by Gasteiger charge is 2.14. The highest BCUT2D eigenvalue weighted by atomic mass is 16.1. The second-order valence-corrected chi connectivity index (χ2v) is 4.59. The number of rotatable bonds is 4. The molecule has 0 radical (unpaired) electrons. The lowest BCUT2D eigenvalue weighted by atomic mass is 10.1. The predicted molar refractivity (Wildman–Crippen MR) is 83.6 cm³/mol. The van der Waals surface area contributed by atoms with Gasteiger partial charge in [0.2, 0.25) is 5.78 Å². The van der Waals surface area contributed by atoms with Crippen molar-refractivity contribution in [3.8, 4) is 0 Å². The second kappa shape index (κ2) is 6.01. The molecule has 21 heavy (non-hydrogen) atoms. The van der Waals surface area contributed by atoms with Gasteiger partial charge in [0.25, 0.3) is 0 Å². The SMILES string of the molecule is O=C(/C(=C/c1ccccc1)n1cccn1)c1ccccc1. The van der Waals surface area contributed by atoms with Crippen molar-refractivity contribution in [3.05, 3.63) is 90.3 Å². The van der Waals surface area contributed by atoms with Gasteiger partial charge in [0.15, 0.2) is 0 Å². The van der Waals surface area contributed by atoms with Crippen LogP contribution in [0.25, 0.3) is 11.8 Å². The van der Waals surface area contributed by atoms with Crippen molar-refractivity contribution in [2.75, 3.05) is 0 Å². The summed E-state index contributed by atoms with van der Waals surface area (Å²) in [4.78, 5) is 12.7. The van der Waals surface area contributed by atoms with Gasteiger partial charge in [-0.3, -0.25) is 4.79 Å². The number of nitrogens with zero attached hydrogens (tertiary/aromatic N) is 2. The molecule has 1 aromatic heterocycles. The van der Waals surface area contributed by atoms with Gasteiger partial charge in [-0.1, -0.05) is 60.7 Å². The Morgan fingerprint density at radius 3 is 2.19 bits per heavy atom. The number of hydrogen-bond donors (Lipinski definition) is 0. The van der Waals surface area contributed by atoms with E-state index in [0.29, 0.717) is 11.3 Å². The molecule has 3 rings (SSSR count). The van der Waals surface area contributed by atoms with Crippen LogP contribution in [0.4, 0.5) is 0 Å². The smallest absolute Gasteiger partial charge is 0.211 e. The fourth-order valence-electron chi connectivity index (χ4n) is 2.09. The van der Waals surface area contributed by atoms with Crippen molar-refractivity contribution in [2.45, 2.75) is 0 Å². The first-order valence-electron chi connectivity index (χ1n) is 6.71. The van der Waals surface area contributed by atoms with E-state index >= 15 is 0 Å². The Morgan fingerprint density at radius 2 is 1.57 bits per heavy atom. The fraction of sp³-hybridized carbons (Fsp3) is 0. The van der Waals surface area contributed by atoms with Crippen LogP contribution in [0.2, 0.25) is 0 Å². The number of carbonyl (C=O) groups is 1. The van der Waals surface area contributed by atoms with Gasteiger partial charge < -0.3 is 0 Å². The van der Waals surface area contributed by atoms with Crippen LogP contribution in [-0.4, -0.2) is 15.6 Å². The zero-order chi connectivity index (χ0) is 14.5. The number of ketones is 1. The molecule has 0 unspecified atom stereocenters. The summed E-state index contributed by atoms with van der Waals surface area (Å²) < 4.78 is 1.60. The molecule has 0 aliphatic heterocycles. The van der Waals surface area contributed by atoms with Gasteiger partial charge in [-0.2, -0.15) is 5.10 Å². The summed E-state index contributed by atoms with van der Waals surface area (Å²) >= 11 is 0. The molecule has 102 valence electrons. The quantitative estimate of drug-likeness (QED) is 0.536. The zero-order valence-corrected chi connectivity index (χ0v) is 11.4. The molecule has 0 aliphatic carbocycles. The molecule has 0 amide bonds. The summed E-state index contributed by atoms with van der Waals surface area (Å²) in [5, 5.41) is 4.19. The summed E-state index contributed by atoms with van der Waals surface area (Å²) in [5.41, 5.74) is 2.14. The average molecular weight is 274 g/mol. The van der Waals surface area contributed by atoms with Gasteiger partial charge >= 0.3 is 0 Å². The number of carbonyl (C=O) groups excluding carboxylic acids is 1. The van der Waals surface area contributed by atoms with Crippen LogP contribution in [0.15, 0.2) is 79.1 Å². The summed E-state index contributed by atoms with van der Waals surface area (Å²) in [7, 11) is 0. The molecule has 2 aromatic carbocycles. The molecule has 0 atom stereocenters. The maximum Gasteiger partial charge on any atom is 0.211 e. The third-order valence-corrected chi connectivity index (χ3v) is 3.12. The number of hydrogen-bond acceptors (Lipinski definition) is 2. The Kier molecular flexibility index (Phi) is 3.74. The summed E-state index contributed by atoms with van der Waals surface area (Å²) in [6.45, 7) is 0. The van der Waals surface area contributed by atoms with E-state index in [1.165, 1.54) is 0 Å². The molecule has 0 saturated carbocycles. The number of benzene rings is 2. The van der Waals surface area contributed by atoms with Crippen molar-refractivity contribution in [2.24, 2.45) is 0 Å². The van der Waals surface area contributed by atoms with Crippen molar-refractivity contribution >= 4 is 17.6 Å². The van der Waals surface area contributed by atoms with E-state index in [1.807, 2.05) is 66.7 Å². The van der Waals surface area contributed by atoms with Crippen LogP contribution in [0, 0.1) is 0 Å². The third-order valence-electron chi connectivity index (χ3n) is 3.12. The summed E-state index contributed by atoms with van der Waals surface area (Å²) in [6.07, 6.45) is 5.29. The molecule has 0 fully saturated rings. The van der Waals surface area contributed by atoms with Gasteiger partial charge in [0, 0.05) is 18.0 Å². The molecule has 3 nitrogen and oxygen atoms in total. The Hall–Kier alpha value is -2.94. The maximum atomic E-state index is 12.7. The molecule has 0 saturated heterocycles. The minimum atomic E-state index is -0.0526. The van der Waals surface area contributed by atoms with Crippen LogP contribution in [0.5, 0.6) is 0 Å². The molecule has 1 heterocycles. The van der Waals surface area contributed by atoms with E-state index in [9.17, 15) is 4.79 Å². The first-order valence-corrected chi connectivity index (χ1v) is 6.71. The third kappa shape index (κ3) is 2.98. The van der Waals surface area contributed by atoms with Crippen molar-refractivity contribution < 1.29 is 4.79 Å². The van der Waals surface area contributed by atoms with Crippen LogP contribution in [0.3, 0.4) is 0 Å². The molecule has 3 heteroatoms. The molecule has 0 bridgehead atoms. The largest absolute Gasteiger partial charge is 0.287 e. The van der Waals surface area contributed by atoms with Crippen LogP contribution >= 0.6 is 0 Å². The van der Waals surface area contributed by atoms with Gasteiger partial charge in [-0.25, -0.2) is 4.68 Å². The van der Waals surface area contributed by atoms with Gasteiger partial charge in [-0.05, 0) is 17.7 Å². The first-order chi connectivity index (χ1) is 10.3. The minimum absolute atomic E-state index is 0.0526. The maximum absolute atomic E-state index is 12.7. The van der Waals surface area contributed by atoms with E-state index in [0.717, 1.165) is 5.56 Å². The lowest BCUT2D eigenvalue weighted by Gasteiger charge is -2.07. The van der Waals surface area contributed by atoms with E-state index in [4.69, 9.17) is 0 Å². The molecular weight excluding hydrogens is 260 g/mol. The summed E-state index contributed by atoms with van der Waals surface area (Å²) in [6, 6.07) is 20.8. The molecule has 3 aromatic rings. The van der Waals surface area contributed by atoms with E-state index in [2.05, 4.69) is 5.10 Å². The Bertz CT molecular complexity index is 744.